The van der Waals surface area contributed by atoms with Gasteiger partial charge in [0.15, 0.2) is 5.82 Å². The van der Waals surface area contributed by atoms with E-state index >= 15 is 0 Å². The highest BCUT2D eigenvalue weighted by molar-refractivity contribution is 6.14. The number of fused-ring (bicyclic) bond motifs is 1. The van der Waals surface area contributed by atoms with E-state index in [1.165, 1.54) is 4.42 Å². The topological polar surface area (TPSA) is 69.9 Å². The Hall–Kier alpha value is -1.01. The summed E-state index contributed by atoms with van der Waals surface area (Å²) in [6.07, 6.45) is 0.0192. The number of halogens is 1. The molecule has 2 aliphatic heterocycles. The summed E-state index contributed by atoms with van der Waals surface area (Å²) >= 11 is 5.81. The molecule has 1 N–H and O–H groups in total. The first kappa shape index (κ1) is 9.54. The van der Waals surface area contributed by atoms with Crippen molar-refractivity contribution < 1.29 is 10.0 Å². The minimum absolute atomic E-state index is 0.0998. The SMILES string of the molecule is O=[N+]([O-])C1=C2N(Cl)CCN2C(O)CC1. The van der Waals surface area contributed by atoms with Crippen LogP contribution in [0, 0.1) is 10.1 Å². The van der Waals surface area contributed by atoms with E-state index in [0.717, 1.165) is 0 Å². The van der Waals surface area contributed by atoms with Gasteiger partial charge in [-0.1, -0.05) is 0 Å². The summed E-state index contributed by atoms with van der Waals surface area (Å²) in [5.41, 5.74) is 0.0998. The molecule has 14 heavy (non-hydrogen) atoms. The summed E-state index contributed by atoms with van der Waals surface area (Å²) in [7, 11) is 0. The Balaban J connectivity index is 2.40. The largest absolute Gasteiger partial charge is 0.374 e. The molecule has 2 aliphatic rings. The van der Waals surface area contributed by atoms with Crippen molar-refractivity contribution >= 4 is 11.8 Å². The van der Waals surface area contributed by atoms with Crippen LogP contribution in [-0.2, 0) is 0 Å². The molecule has 0 aromatic heterocycles. The van der Waals surface area contributed by atoms with Crippen LogP contribution in [0.25, 0.3) is 0 Å². The Bertz CT molecular complexity index is 307. The Morgan fingerprint density at radius 3 is 2.93 bits per heavy atom. The molecule has 0 aliphatic carbocycles. The van der Waals surface area contributed by atoms with Crippen LogP contribution in [-0.4, -0.2) is 38.7 Å². The van der Waals surface area contributed by atoms with Gasteiger partial charge in [-0.3, -0.25) is 14.5 Å². The fraction of sp³-hybridized carbons (Fsp3) is 0.714. The summed E-state index contributed by atoms with van der Waals surface area (Å²) in [6.45, 7) is 1.04. The zero-order valence-electron chi connectivity index (χ0n) is 7.39. The third-order valence-electron chi connectivity index (χ3n) is 2.52. The van der Waals surface area contributed by atoms with E-state index in [4.69, 9.17) is 11.8 Å². The third-order valence-corrected chi connectivity index (χ3v) is 2.85. The van der Waals surface area contributed by atoms with Gasteiger partial charge in [0.2, 0.25) is 0 Å². The second kappa shape index (κ2) is 3.29. The maximum Gasteiger partial charge on any atom is 0.287 e. The maximum absolute atomic E-state index is 10.7. The minimum atomic E-state index is -0.641. The molecule has 1 atom stereocenters. The highest BCUT2D eigenvalue weighted by Crippen LogP contribution is 2.33. The number of aliphatic hydroxyl groups is 1. The summed E-state index contributed by atoms with van der Waals surface area (Å²) in [4.78, 5) is 11.9. The first-order valence-corrected chi connectivity index (χ1v) is 4.70. The molecular weight excluding hydrogens is 210 g/mol. The zero-order valence-corrected chi connectivity index (χ0v) is 8.15. The molecule has 0 radical (unpaired) electrons. The summed E-state index contributed by atoms with van der Waals surface area (Å²) in [6, 6.07) is 0. The van der Waals surface area contributed by atoms with Crippen LogP contribution in [0.5, 0.6) is 0 Å². The van der Waals surface area contributed by atoms with Gasteiger partial charge in [-0.25, -0.2) is 0 Å². The van der Waals surface area contributed by atoms with E-state index in [2.05, 4.69) is 0 Å². The smallest absolute Gasteiger partial charge is 0.287 e. The molecule has 0 spiro atoms. The van der Waals surface area contributed by atoms with Crippen molar-refractivity contribution in [2.45, 2.75) is 19.1 Å². The molecule has 2 heterocycles. The van der Waals surface area contributed by atoms with Crippen LogP contribution >= 0.6 is 11.8 Å². The predicted molar refractivity (Wildman–Crippen MR) is 48.5 cm³/mol. The van der Waals surface area contributed by atoms with Crippen LogP contribution < -0.4 is 0 Å². The van der Waals surface area contributed by atoms with Crippen molar-refractivity contribution in [2.75, 3.05) is 13.1 Å². The number of aliphatic hydroxyl groups excluding tert-OH is 1. The number of nitrogens with zero attached hydrogens (tertiary/aromatic N) is 3. The molecule has 1 fully saturated rings. The van der Waals surface area contributed by atoms with E-state index in [1.54, 1.807) is 4.90 Å². The molecule has 2 rings (SSSR count). The molecule has 0 saturated carbocycles. The zero-order chi connectivity index (χ0) is 10.3. The molecule has 1 saturated heterocycles. The van der Waals surface area contributed by atoms with Crippen LogP contribution in [0.15, 0.2) is 11.5 Å². The van der Waals surface area contributed by atoms with Crippen LogP contribution in [0.3, 0.4) is 0 Å². The number of nitro groups is 1. The molecule has 0 amide bonds. The Kier molecular flexibility index (Phi) is 2.24. The predicted octanol–water partition coefficient (Wildman–Crippen LogP) is 0.316. The molecule has 0 aromatic carbocycles. The Labute approximate surface area is 85.6 Å². The van der Waals surface area contributed by atoms with Gasteiger partial charge in [0.05, 0.1) is 11.5 Å². The first-order valence-electron chi connectivity index (χ1n) is 4.37. The van der Waals surface area contributed by atoms with E-state index in [0.29, 0.717) is 25.3 Å². The quantitative estimate of drug-likeness (QED) is 0.391. The third kappa shape index (κ3) is 1.31. The Morgan fingerprint density at radius 2 is 2.29 bits per heavy atom. The molecule has 78 valence electrons. The fourth-order valence-electron chi connectivity index (χ4n) is 1.85. The normalized spacial score (nSPS) is 26.9. The van der Waals surface area contributed by atoms with Gasteiger partial charge in [-0.2, -0.15) is 0 Å². The highest BCUT2D eigenvalue weighted by atomic mass is 35.5. The molecule has 7 heteroatoms. The van der Waals surface area contributed by atoms with Gasteiger partial charge in [0.1, 0.15) is 6.23 Å². The number of allylic oxidation sites excluding steroid dienone is 1. The van der Waals surface area contributed by atoms with Crippen molar-refractivity contribution in [3.05, 3.63) is 21.6 Å². The van der Waals surface area contributed by atoms with Gasteiger partial charge in [-0.05, 0) is 0 Å². The fourth-order valence-corrected chi connectivity index (χ4v) is 2.12. The molecule has 0 aromatic rings. The van der Waals surface area contributed by atoms with E-state index in [-0.39, 0.29) is 12.1 Å². The van der Waals surface area contributed by atoms with E-state index in [9.17, 15) is 15.2 Å². The van der Waals surface area contributed by atoms with Crippen molar-refractivity contribution in [2.24, 2.45) is 0 Å². The van der Waals surface area contributed by atoms with E-state index < -0.39 is 11.2 Å². The van der Waals surface area contributed by atoms with Gasteiger partial charge in [0.25, 0.3) is 5.70 Å². The van der Waals surface area contributed by atoms with Crippen LogP contribution in [0.2, 0.25) is 0 Å². The standard InChI is InChI=1S/C7H10ClN3O3/c8-10-4-3-9-6(12)2-1-5(7(9)10)11(13)14/h6,12H,1-4H2. The average Bonchev–Trinajstić information content (AvgIpc) is 2.50. The van der Waals surface area contributed by atoms with Gasteiger partial charge in [0, 0.05) is 31.2 Å². The second-order valence-electron chi connectivity index (χ2n) is 3.33. The van der Waals surface area contributed by atoms with Crippen molar-refractivity contribution in [3.8, 4) is 0 Å². The monoisotopic (exact) mass is 219 g/mol. The molecular formula is C7H10ClN3O3. The first-order chi connectivity index (χ1) is 6.61. The number of hydrogen-bond donors (Lipinski definition) is 1. The van der Waals surface area contributed by atoms with E-state index in [1.807, 2.05) is 0 Å². The second-order valence-corrected chi connectivity index (χ2v) is 3.73. The molecule has 1 unspecified atom stereocenters. The molecule has 0 bridgehead atoms. The van der Waals surface area contributed by atoms with Gasteiger partial charge >= 0.3 is 0 Å². The molecule has 6 nitrogen and oxygen atoms in total. The van der Waals surface area contributed by atoms with Crippen molar-refractivity contribution in [1.29, 1.82) is 0 Å². The maximum atomic E-state index is 10.7. The van der Waals surface area contributed by atoms with Crippen LogP contribution in [0.1, 0.15) is 12.8 Å². The number of hydrogen-bond acceptors (Lipinski definition) is 5. The Morgan fingerprint density at radius 1 is 1.57 bits per heavy atom. The van der Waals surface area contributed by atoms with Gasteiger partial charge < -0.3 is 10.0 Å². The van der Waals surface area contributed by atoms with Crippen LogP contribution in [0.4, 0.5) is 0 Å². The average molecular weight is 220 g/mol. The summed E-state index contributed by atoms with van der Waals surface area (Å²) in [5, 5.41) is 20.3. The van der Waals surface area contributed by atoms with Crippen molar-refractivity contribution in [3.63, 3.8) is 0 Å². The lowest BCUT2D eigenvalue weighted by Crippen LogP contribution is -2.37. The number of rotatable bonds is 1. The lowest BCUT2D eigenvalue weighted by atomic mass is 10.1. The van der Waals surface area contributed by atoms with Gasteiger partial charge in [-0.15, -0.1) is 0 Å². The highest BCUT2D eigenvalue weighted by Gasteiger charge is 2.40. The summed E-state index contributed by atoms with van der Waals surface area (Å²) < 4.78 is 1.31. The summed E-state index contributed by atoms with van der Waals surface area (Å²) in [5.74, 6) is 0.357. The minimum Gasteiger partial charge on any atom is -0.374 e. The lowest BCUT2D eigenvalue weighted by Gasteiger charge is -2.29. The van der Waals surface area contributed by atoms with Crippen molar-refractivity contribution in [1.82, 2.24) is 9.32 Å². The lowest BCUT2D eigenvalue weighted by molar-refractivity contribution is -0.433.